The molecule has 2 rings (SSSR count). The lowest BCUT2D eigenvalue weighted by atomic mass is 9.99. The predicted octanol–water partition coefficient (Wildman–Crippen LogP) is -2.24. The van der Waals surface area contributed by atoms with Crippen LogP contribution >= 0.6 is 7.82 Å². The van der Waals surface area contributed by atoms with Crippen molar-refractivity contribution in [2.45, 2.75) is 57.6 Å². The molecular weight excluding hydrogens is 542 g/mol. The molecule has 39 heavy (non-hydrogen) atoms. The maximum Gasteiger partial charge on any atom is 0.472 e. The first-order valence-corrected chi connectivity index (χ1v) is 13.5. The van der Waals surface area contributed by atoms with Crippen molar-refractivity contribution in [3.05, 3.63) is 23.8 Å². The van der Waals surface area contributed by atoms with Gasteiger partial charge >= 0.3 is 7.82 Å². The average Bonchev–Trinajstić information content (AvgIpc) is 2.87. The van der Waals surface area contributed by atoms with Gasteiger partial charge in [-0.1, -0.05) is 19.9 Å². The molecule has 0 bridgehead atoms. The number of aliphatic hydroxyl groups is 4. The van der Waals surface area contributed by atoms with Crippen LogP contribution in [0.4, 0.5) is 5.69 Å². The van der Waals surface area contributed by atoms with Gasteiger partial charge in [0.05, 0.1) is 18.9 Å². The number of nitrogens with one attached hydrogen (secondary N) is 2. The molecule has 0 aliphatic carbocycles. The Morgan fingerprint density at radius 2 is 1.82 bits per heavy atom. The Kier molecular flexibility index (Phi) is 12.5. The number of carbonyl (C=O) groups excluding carboxylic acids is 3. The van der Waals surface area contributed by atoms with Crippen LogP contribution in [0, 0.1) is 5.92 Å². The largest absolute Gasteiger partial charge is 0.472 e. The summed E-state index contributed by atoms with van der Waals surface area (Å²) in [6.07, 6.45) is -7.95. The number of carbonyl (C=O) groups is 3. The highest BCUT2D eigenvalue weighted by atomic mass is 31.2. The van der Waals surface area contributed by atoms with E-state index in [4.69, 9.17) is 14.0 Å². The lowest BCUT2D eigenvalue weighted by Gasteiger charge is -2.39. The van der Waals surface area contributed by atoms with Gasteiger partial charge in [-0.25, -0.2) is 4.57 Å². The summed E-state index contributed by atoms with van der Waals surface area (Å²) in [6.45, 7) is 1.65. The molecule has 218 valence electrons. The molecule has 1 unspecified atom stereocenters. The second-order valence-electron chi connectivity index (χ2n) is 9.11. The van der Waals surface area contributed by atoms with E-state index in [1.165, 1.54) is 18.2 Å². The zero-order valence-corrected chi connectivity index (χ0v) is 22.6. The van der Waals surface area contributed by atoms with E-state index in [1.807, 2.05) is 0 Å². The fraction of sp³-hybridized carbons (Fsp3) is 0.591. The summed E-state index contributed by atoms with van der Waals surface area (Å²) >= 11 is 0. The van der Waals surface area contributed by atoms with Crippen LogP contribution in [0.1, 0.15) is 25.8 Å². The molecule has 1 aromatic carbocycles. The van der Waals surface area contributed by atoms with E-state index in [-0.39, 0.29) is 41.8 Å². The Balaban J connectivity index is 2.21. The number of aliphatic hydroxyl groups excluding tert-OH is 4. The molecular formula is C22H34BN2O13P. The molecule has 1 aliphatic rings. The third-order valence-corrected chi connectivity index (χ3v) is 6.32. The van der Waals surface area contributed by atoms with Crippen LogP contribution in [0.3, 0.4) is 0 Å². The molecule has 15 nitrogen and oxygen atoms in total. The van der Waals surface area contributed by atoms with Crippen LogP contribution < -0.4 is 15.4 Å². The van der Waals surface area contributed by atoms with Gasteiger partial charge in [0, 0.05) is 18.9 Å². The SMILES string of the molecule is BC(=O)COP(=O)(O)OCc1ccc(O[C@@H]2O[C@H](CO)[C@H](O)[C@H](O)[C@H]2O)c(NC(=O)CCNC(=O)C(C)C)c1. The number of anilines is 1. The van der Waals surface area contributed by atoms with E-state index in [1.54, 1.807) is 13.8 Å². The van der Waals surface area contributed by atoms with Crippen molar-refractivity contribution in [2.75, 3.05) is 25.1 Å². The van der Waals surface area contributed by atoms with Crippen LogP contribution in [0.2, 0.25) is 0 Å². The van der Waals surface area contributed by atoms with E-state index < -0.39 is 69.9 Å². The van der Waals surface area contributed by atoms with Gasteiger partial charge in [0.1, 0.15) is 42.5 Å². The Morgan fingerprint density at radius 3 is 2.44 bits per heavy atom. The van der Waals surface area contributed by atoms with Gasteiger partial charge in [-0.3, -0.25) is 18.6 Å². The van der Waals surface area contributed by atoms with Crippen molar-refractivity contribution in [3.63, 3.8) is 0 Å². The van der Waals surface area contributed by atoms with Gasteiger partial charge in [-0.2, -0.15) is 0 Å². The third-order valence-electron chi connectivity index (χ3n) is 5.41. The van der Waals surface area contributed by atoms with E-state index in [0.717, 1.165) is 7.85 Å². The third kappa shape index (κ3) is 10.3. The fourth-order valence-electron chi connectivity index (χ4n) is 3.24. The van der Waals surface area contributed by atoms with E-state index in [2.05, 4.69) is 15.2 Å². The number of phosphoric acid groups is 1. The van der Waals surface area contributed by atoms with Gasteiger partial charge < -0.3 is 50.2 Å². The number of amides is 2. The molecule has 1 heterocycles. The van der Waals surface area contributed by atoms with Crippen LogP contribution in [0.15, 0.2) is 18.2 Å². The zero-order valence-electron chi connectivity index (χ0n) is 21.7. The molecule has 1 saturated heterocycles. The summed E-state index contributed by atoms with van der Waals surface area (Å²) in [5.41, 5.74) is -0.219. The van der Waals surface area contributed by atoms with Crippen LogP contribution in [0.25, 0.3) is 0 Å². The summed E-state index contributed by atoms with van der Waals surface area (Å²) in [4.78, 5) is 45.0. The minimum atomic E-state index is -4.57. The molecule has 7 N–H and O–H groups in total. The van der Waals surface area contributed by atoms with Crippen molar-refractivity contribution in [1.82, 2.24) is 5.32 Å². The fourth-order valence-corrected chi connectivity index (χ4v) is 3.97. The first-order chi connectivity index (χ1) is 18.2. The highest BCUT2D eigenvalue weighted by Crippen LogP contribution is 2.44. The average molecular weight is 576 g/mol. The highest BCUT2D eigenvalue weighted by Gasteiger charge is 2.45. The van der Waals surface area contributed by atoms with Crippen molar-refractivity contribution in [1.29, 1.82) is 0 Å². The van der Waals surface area contributed by atoms with Crippen LogP contribution in [0.5, 0.6) is 5.75 Å². The monoisotopic (exact) mass is 576 g/mol. The van der Waals surface area contributed by atoms with Crippen LogP contribution in [-0.4, -0.2) is 101 Å². The standard InChI is InChI=1S/C22H34BN2O13P/c1-11(2)21(32)24-6-5-17(28)25-13-7-12(9-35-39(33,34)36-10-16(23)27)3-4-14(13)37-22-20(31)19(30)18(29)15(8-26)38-22/h3-4,7,11,15,18-20,22,26,29-31H,5-6,8-10,23H2,1-2H3,(H,24,32)(H,25,28)(H,33,34)/t15-,18+,19+,20-,22-/m1/s1. The number of phosphoric ester groups is 1. The number of benzene rings is 1. The predicted molar refractivity (Wildman–Crippen MR) is 136 cm³/mol. The molecule has 6 atom stereocenters. The lowest BCUT2D eigenvalue weighted by Crippen LogP contribution is -2.60. The Morgan fingerprint density at radius 1 is 1.13 bits per heavy atom. The van der Waals surface area contributed by atoms with E-state index in [0.29, 0.717) is 0 Å². The first kappa shape index (κ1) is 32.8. The summed E-state index contributed by atoms with van der Waals surface area (Å²) in [5, 5.41) is 44.9. The Bertz CT molecular complexity index is 1060. The second kappa shape index (κ2) is 14.8. The molecule has 0 saturated carbocycles. The van der Waals surface area contributed by atoms with Gasteiger partial charge in [-0.05, 0) is 17.7 Å². The van der Waals surface area contributed by atoms with Crippen molar-refractivity contribution >= 4 is 38.9 Å². The number of rotatable bonds is 14. The zero-order chi connectivity index (χ0) is 29.3. The van der Waals surface area contributed by atoms with Gasteiger partial charge in [0.2, 0.25) is 18.1 Å². The molecule has 1 aliphatic heterocycles. The molecule has 0 aromatic heterocycles. The molecule has 17 heteroatoms. The molecule has 1 fully saturated rings. The van der Waals surface area contributed by atoms with Gasteiger partial charge in [0.25, 0.3) is 0 Å². The maximum absolute atomic E-state index is 12.6. The van der Waals surface area contributed by atoms with Crippen molar-refractivity contribution < 1.29 is 62.8 Å². The first-order valence-electron chi connectivity index (χ1n) is 12.0. The highest BCUT2D eigenvalue weighted by molar-refractivity contribution is 7.47. The summed E-state index contributed by atoms with van der Waals surface area (Å²) in [5.74, 6) is -1.13. The number of ether oxygens (including phenoxy) is 2. The molecule has 0 radical (unpaired) electrons. The van der Waals surface area contributed by atoms with Gasteiger partial charge in [0.15, 0.2) is 7.85 Å². The summed E-state index contributed by atoms with van der Waals surface area (Å²) in [7, 11) is -3.40. The molecule has 0 spiro atoms. The summed E-state index contributed by atoms with van der Waals surface area (Å²) < 4.78 is 32.4. The number of hydrogen-bond donors (Lipinski definition) is 7. The topological polar surface area (TPSA) is 230 Å². The minimum absolute atomic E-state index is 0.00525. The van der Waals surface area contributed by atoms with Gasteiger partial charge in [-0.15, -0.1) is 0 Å². The summed E-state index contributed by atoms with van der Waals surface area (Å²) in [6, 6.07) is 4.03. The van der Waals surface area contributed by atoms with E-state index >= 15 is 0 Å². The minimum Gasteiger partial charge on any atom is -0.460 e. The second-order valence-corrected chi connectivity index (χ2v) is 10.6. The Labute approximate surface area is 225 Å². The van der Waals surface area contributed by atoms with Crippen LogP contribution in [-0.2, 0) is 39.3 Å². The smallest absolute Gasteiger partial charge is 0.460 e. The molecule has 2 amide bonds. The quantitative estimate of drug-likeness (QED) is 0.0919. The van der Waals surface area contributed by atoms with Crippen molar-refractivity contribution in [3.8, 4) is 5.75 Å². The van der Waals surface area contributed by atoms with E-state index in [9.17, 15) is 44.3 Å². The lowest BCUT2D eigenvalue weighted by molar-refractivity contribution is -0.277. The normalized spacial score (nSPS) is 24.6. The molecule has 1 aromatic rings. The maximum atomic E-state index is 12.6. The Hall–Kier alpha value is -2.40. The van der Waals surface area contributed by atoms with Crippen molar-refractivity contribution in [2.24, 2.45) is 5.92 Å². The number of hydrogen-bond acceptors (Lipinski definition) is 12.